The Morgan fingerprint density at radius 3 is 2.58 bits per heavy atom. The van der Waals surface area contributed by atoms with E-state index in [9.17, 15) is 4.79 Å². The lowest BCUT2D eigenvalue weighted by molar-refractivity contribution is -0.121. The number of ether oxygens (including phenoxy) is 1. The molecule has 0 aliphatic carbocycles. The Balaban J connectivity index is 1.53. The number of terminal acetylenes is 1. The summed E-state index contributed by atoms with van der Waals surface area (Å²) >= 11 is 0. The minimum atomic E-state index is 0.0484. The molecular formula is C22H24N2O2. The molecule has 2 aromatic carbocycles. The summed E-state index contributed by atoms with van der Waals surface area (Å²) in [4.78, 5) is 14.7. The topological polar surface area (TPSA) is 41.6 Å². The van der Waals surface area contributed by atoms with E-state index < -0.39 is 0 Å². The number of aryl methyl sites for hydroxylation is 1. The number of carbonyl (C=O) groups excluding carboxylic acids is 1. The lowest BCUT2D eigenvalue weighted by Crippen LogP contribution is -2.38. The molecule has 1 saturated heterocycles. The highest BCUT2D eigenvalue weighted by Gasteiger charge is 2.24. The highest BCUT2D eigenvalue weighted by Crippen LogP contribution is 2.24. The van der Waals surface area contributed by atoms with Crippen molar-refractivity contribution < 1.29 is 9.53 Å². The van der Waals surface area contributed by atoms with E-state index in [2.05, 4.69) is 16.1 Å². The normalized spacial score (nSPS) is 15.2. The highest BCUT2D eigenvalue weighted by molar-refractivity contribution is 5.92. The van der Waals surface area contributed by atoms with Gasteiger partial charge in [0, 0.05) is 11.6 Å². The van der Waals surface area contributed by atoms with Crippen molar-refractivity contribution in [3.05, 3.63) is 54.1 Å². The summed E-state index contributed by atoms with van der Waals surface area (Å²) in [6.45, 7) is 4.45. The van der Waals surface area contributed by atoms with Crippen molar-refractivity contribution >= 4 is 11.6 Å². The van der Waals surface area contributed by atoms with Gasteiger partial charge in [-0.05, 0) is 74.8 Å². The van der Waals surface area contributed by atoms with Gasteiger partial charge in [-0.3, -0.25) is 9.69 Å². The van der Waals surface area contributed by atoms with Crippen LogP contribution in [0.15, 0.2) is 48.5 Å². The van der Waals surface area contributed by atoms with E-state index in [0.29, 0.717) is 6.54 Å². The van der Waals surface area contributed by atoms with Gasteiger partial charge in [-0.1, -0.05) is 18.1 Å². The Bertz CT molecular complexity index is 785. The quantitative estimate of drug-likeness (QED) is 0.828. The number of carbonyl (C=O) groups is 1. The van der Waals surface area contributed by atoms with Crippen molar-refractivity contribution in [3.63, 3.8) is 0 Å². The molecule has 1 aliphatic heterocycles. The van der Waals surface area contributed by atoms with E-state index in [0.717, 1.165) is 48.7 Å². The number of piperidine rings is 1. The smallest absolute Gasteiger partial charge is 0.227 e. The van der Waals surface area contributed by atoms with Gasteiger partial charge in [0.2, 0.25) is 5.91 Å². The van der Waals surface area contributed by atoms with Crippen molar-refractivity contribution in [1.82, 2.24) is 4.90 Å². The van der Waals surface area contributed by atoms with E-state index in [1.807, 2.05) is 55.5 Å². The molecule has 0 aromatic heterocycles. The van der Waals surface area contributed by atoms with Crippen LogP contribution in [-0.4, -0.2) is 30.4 Å². The molecule has 0 bridgehead atoms. The first-order valence-electron chi connectivity index (χ1n) is 8.95. The number of hydrogen-bond donors (Lipinski definition) is 1. The maximum atomic E-state index is 12.4. The number of nitrogens with zero attached hydrogens (tertiary/aromatic N) is 1. The maximum Gasteiger partial charge on any atom is 0.227 e. The first-order chi connectivity index (χ1) is 12.6. The molecule has 1 fully saturated rings. The van der Waals surface area contributed by atoms with E-state index in [1.54, 1.807) is 0 Å². The van der Waals surface area contributed by atoms with Gasteiger partial charge >= 0.3 is 0 Å². The molecule has 0 unspecified atom stereocenters. The molecule has 0 radical (unpaired) electrons. The van der Waals surface area contributed by atoms with E-state index in [-0.39, 0.29) is 11.8 Å². The lowest BCUT2D eigenvalue weighted by atomic mass is 9.96. The third kappa shape index (κ3) is 4.87. The van der Waals surface area contributed by atoms with Gasteiger partial charge in [0.1, 0.15) is 11.5 Å². The number of likely N-dealkylation sites (tertiary alicyclic amines) is 1. The number of benzene rings is 2. The second-order valence-corrected chi connectivity index (χ2v) is 6.69. The third-order valence-electron chi connectivity index (χ3n) is 4.62. The fourth-order valence-corrected chi connectivity index (χ4v) is 3.15. The summed E-state index contributed by atoms with van der Waals surface area (Å²) < 4.78 is 5.84. The summed E-state index contributed by atoms with van der Waals surface area (Å²) in [6.07, 6.45) is 7.04. The van der Waals surface area contributed by atoms with Gasteiger partial charge in [-0.25, -0.2) is 0 Å². The predicted molar refractivity (Wildman–Crippen MR) is 104 cm³/mol. The summed E-state index contributed by atoms with van der Waals surface area (Å²) in [6, 6.07) is 15.4. The molecule has 3 rings (SSSR count). The molecule has 134 valence electrons. The van der Waals surface area contributed by atoms with Crippen molar-refractivity contribution in [2.24, 2.45) is 5.92 Å². The van der Waals surface area contributed by atoms with E-state index in [1.165, 1.54) is 0 Å². The Morgan fingerprint density at radius 2 is 1.92 bits per heavy atom. The zero-order chi connectivity index (χ0) is 18.4. The third-order valence-corrected chi connectivity index (χ3v) is 4.62. The number of amides is 1. The largest absolute Gasteiger partial charge is 0.457 e. The van der Waals surface area contributed by atoms with Gasteiger partial charge in [0.25, 0.3) is 0 Å². The number of nitrogens with one attached hydrogen (secondary N) is 1. The minimum absolute atomic E-state index is 0.0484. The highest BCUT2D eigenvalue weighted by atomic mass is 16.5. The number of rotatable bonds is 5. The van der Waals surface area contributed by atoms with Crippen molar-refractivity contribution in [2.75, 3.05) is 25.0 Å². The predicted octanol–water partition coefficient (Wildman–Crippen LogP) is 4.07. The average Bonchev–Trinajstić information content (AvgIpc) is 2.64. The van der Waals surface area contributed by atoms with Gasteiger partial charge in [-0.15, -0.1) is 6.42 Å². The maximum absolute atomic E-state index is 12.4. The van der Waals surface area contributed by atoms with Crippen LogP contribution < -0.4 is 10.1 Å². The number of hydrogen-bond acceptors (Lipinski definition) is 3. The molecule has 1 aliphatic rings. The van der Waals surface area contributed by atoms with E-state index >= 15 is 0 Å². The molecule has 26 heavy (non-hydrogen) atoms. The zero-order valence-corrected chi connectivity index (χ0v) is 15.1. The molecule has 0 saturated carbocycles. The fourth-order valence-electron chi connectivity index (χ4n) is 3.15. The number of anilines is 1. The van der Waals surface area contributed by atoms with Crippen molar-refractivity contribution in [2.45, 2.75) is 19.8 Å². The van der Waals surface area contributed by atoms with Gasteiger partial charge in [0.15, 0.2) is 0 Å². The van der Waals surface area contributed by atoms with Crippen LogP contribution in [0.4, 0.5) is 5.69 Å². The second-order valence-electron chi connectivity index (χ2n) is 6.69. The Kier molecular flexibility index (Phi) is 5.93. The average molecular weight is 348 g/mol. The van der Waals surface area contributed by atoms with Crippen LogP contribution in [0.25, 0.3) is 0 Å². The molecule has 4 heteroatoms. The van der Waals surface area contributed by atoms with Crippen LogP contribution in [0.1, 0.15) is 18.4 Å². The Labute approximate surface area is 155 Å². The van der Waals surface area contributed by atoms with Crippen LogP contribution in [0.2, 0.25) is 0 Å². The van der Waals surface area contributed by atoms with Crippen molar-refractivity contribution in [3.8, 4) is 23.8 Å². The fraction of sp³-hybridized carbons (Fsp3) is 0.318. The molecule has 1 heterocycles. The van der Waals surface area contributed by atoms with Crippen LogP contribution >= 0.6 is 0 Å². The molecule has 1 amide bonds. The standard InChI is InChI=1S/C22H24N2O2/c1-3-13-24-14-11-18(12-15-24)22(25)23-19-7-9-20(10-8-19)26-21-6-4-5-17(2)16-21/h1,4-10,16,18H,11-15H2,2H3,(H,23,25). The van der Waals surface area contributed by atoms with Crippen LogP contribution in [-0.2, 0) is 4.79 Å². The minimum Gasteiger partial charge on any atom is -0.457 e. The lowest BCUT2D eigenvalue weighted by Gasteiger charge is -2.29. The van der Waals surface area contributed by atoms with Gasteiger partial charge < -0.3 is 10.1 Å². The second kappa shape index (κ2) is 8.55. The molecule has 0 atom stereocenters. The summed E-state index contributed by atoms with van der Waals surface area (Å²) in [7, 11) is 0. The first kappa shape index (κ1) is 18.0. The summed E-state index contributed by atoms with van der Waals surface area (Å²) in [5, 5.41) is 3.01. The molecule has 1 N–H and O–H groups in total. The van der Waals surface area contributed by atoms with Crippen LogP contribution in [0.3, 0.4) is 0 Å². The molecular weight excluding hydrogens is 324 g/mol. The Morgan fingerprint density at radius 1 is 1.19 bits per heavy atom. The first-order valence-corrected chi connectivity index (χ1v) is 8.95. The summed E-state index contributed by atoms with van der Waals surface area (Å²) in [5.41, 5.74) is 1.94. The molecule has 2 aromatic rings. The monoisotopic (exact) mass is 348 g/mol. The molecule has 4 nitrogen and oxygen atoms in total. The molecule has 0 spiro atoms. The summed E-state index contributed by atoms with van der Waals surface area (Å²) in [5.74, 6) is 4.34. The van der Waals surface area contributed by atoms with Crippen LogP contribution in [0, 0.1) is 25.2 Å². The van der Waals surface area contributed by atoms with Crippen LogP contribution in [0.5, 0.6) is 11.5 Å². The van der Waals surface area contributed by atoms with Gasteiger partial charge in [-0.2, -0.15) is 0 Å². The zero-order valence-electron chi connectivity index (χ0n) is 15.1. The SMILES string of the molecule is C#CCN1CCC(C(=O)Nc2ccc(Oc3cccc(C)c3)cc2)CC1. The van der Waals surface area contributed by atoms with Gasteiger partial charge in [0.05, 0.1) is 6.54 Å². The van der Waals surface area contributed by atoms with E-state index in [4.69, 9.17) is 11.2 Å². The Hall–Kier alpha value is -2.77. The van der Waals surface area contributed by atoms with Crippen molar-refractivity contribution in [1.29, 1.82) is 0 Å².